The summed E-state index contributed by atoms with van der Waals surface area (Å²) in [7, 11) is 5.38. The molecule has 3 aromatic carbocycles. The van der Waals surface area contributed by atoms with Crippen LogP contribution >= 0.6 is 12.2 Å². The van der Waals surface area contributed by atoms with E-state index in [4.69, 9.17) is 21.7 Å². The second kappa shape index (κ2) is 17.8. The first-order valence-electron chi connectivity index (χ1n) is 16.4. The largest absolute Gasteiger partial charge is 0.495 e. The van der Waals surface area contributed by atoms with E-state index in [9.17, 15) is 14.7 Å². The summed E-state index contributed by atoms with van der Waals surface area (Å²) in [6.45, 7) is 6.09. The number of aliphatic hydroxyl groups excluding tert-OH is 1. The van der Waals surface area contributed by atoms with Crippen molar-refractivity contribution >= 4 is 40.4 Å². The highest BCUT2D eigenvalue weighted by atomic mass is 32.1. The van der Waals surface area contributed by atoms with Crippen LogP contribution < -0.4 is 19.7 Å². The highest BCUT2D eigenvalue weighted by molar-refractivity contribution is 7.81. The van der Waals surface area contributed by atoms with Gasteiger partial charge in [-0.1, -0.05) is 42.5 Å². The van der Waals surface area contributed by atoms with Gasteiger partial charge in [-0.2, -0.15) is 0 Å². The minimum Gasteiger partial charge on any atom is -0.495 e. The summed E-state index contributed by atoms with van der Waals surface area (Å²) in [4.78, 5) is 32.6. The smallest absolute Gasteiger partial charge is 0.258 e. The van der Waals surface area contributed by atoms with Gasteiger partial charge < -0.3 is 34.6 Å². The molecule has 1 aliphatic rings. The Morgan fingerprint density at radius 3 is 2.47 bits per heavy atom. The molecule has 4 rings (SSSR count). The Bertz CT molecular complexity index is 1520. The third-order valence-electron chi connectivity index (χ3n) is 8.49. The van der Waals surface area contributed by atoms with Crippen LogP contribution in [0.3, 0.4) is 0 Å². The molecule has 252 valence electrons. The summed E-state index contributed by atoms with van der Waals surface area (Å²) in [6.07, 6.45) is 4.49. The maximum atomic E-state index is 13.7. The maximum Gasteiger partial charge on any atom is 0.258 e. The van der Waals surface area contributed by atoms with Crippen molar-refractivity contribution in [3.63, 3.8) is 0 Å². The van der Waals surface area contributed by atoms with Gasteiger partial charge in [0.2, 0.25) is 5.91 Å². The van der Waals surface area contributed by atoms with Crippen LogP contribution in [0.4, 0.5) is 11.4 Å². The van der Waals surface area contributed by atoms with Gasteiger partial charge in [0, 0.05) is 57.4 Å². The number of unbranched alkanes of at least 4 members (excludes halogenated alkanes) is 2. The number of nitrogens with zero attached hydrogens (tertiary/aromatic N) is 3. The Morgan fingerprint density at radius 1 is 0.957 bits per heavy atom. The number of piperazine rings is 1. The number of hydrogen-bond donors (Lipinski definition) is 2. The van der Waals surface area contributed by atoms with Crippen LogP contribution in [0.15, 0.2) is 60.7 Å². The number of nitrogens with one attached hydrogen (secondary N) is 1. The van der Waals surface area contributed by atoms with E-state index >= 15 is 0 Å². The fourth-order valence-electron chi connectivity index (χ4n) is 5.61. The van der Waals surface area contributed by atoms with Crippen molar-refractivity contribution in [2.24, 2.45) is 0 Å². The summed E-state index contributed by atoms with van der Waals surface area (Å²) in [6, 6.07) is 18.9. The molecule has 1 fully saturated rings. The highest BCUT2D eigenvalue weighted by Gasteiger charge is 2.21. The van der Waals surface area contributed by atoms with Gasteiger partial charge in [-0.25, -0.2) is 0 Å². The number of likely N-dealkylation sites (N-methyl/N-ethyl adjacent to an activating group) is 1. The summed E-state index contributed by atoms with van der Waals surface area (Å²) >= 11 is 5.73. The molecule has 1 aliphatic heterocycles. The molecule has 0 aromatic heterocycles. The first kappa shape index (κ1) is 35.9. The van der Waals surface area contributed by atoms with Crippen LogP contribution in [-0.4, -0.2) is 92.3 Å². The molecule has 0 bridgehead atoms. The van der Waals surface area contributed by atoms with E-state index in [0.717, 1.165) is 62.1 Å². The normalized spacial score (nSPS) is 13.3. The number of ether oxygens (including phenoxy) is 2. The molecule has 0 aliphatic carbocycles. The number of anilines is 2. The lowest BCUT2D eigenvalue weighted by Gasteiger charge is -2.32. The summed E-state index contributed by atoms with van der Waals surface area (Å²) < 4.78 is 11.8. The first-order chi connectivity index (χ1) is 22.7. The van der Waals surface area contributed by atoms with E-state index in [0.29, 0.717) is 59.3 Å². The van der Waals surface area contributed by atoms with Crippen LogP contribution in [-0.2, 0) is 11.2 Å². The van der Waals surface area contributed by atoms with Gasteiger partial charge in [0.1, 0.15) is 16.5 Å². The zero-order valence-electron chi connectivity index (χ0n) is 28.1. The van der Waals surface area contributed by atoms with Crippen molar-refractivity contribution in [2.45, 2.75) is 45.4 Å². The molecule has 0 radical (unpaired) electrons. The quantitative estimate of drug-likeness (QED) is 0.158. The number of aryl methyl sites for hydroxylation is 2. The van der Waals surface area contributed by atoms with Gasteiger partial charge in [-0.3, -0.25) is 9.59 Å². The van der Waals surface area contributed by atoms with Crippen molar-refractivity contribution in [2.75, 3.05) is 70.8 Å². The molecule has 1 heterocycles. The lowest BCUT2D eigenvalue weighted by Crippen LogP contribution is -2.47. The Morgan fingerprint density at radius 2 is 1.72 bits per heavy atom. The van der Waals surface area contributed by atoms with Crippen molar-refractivity contribution in [1.29, 1.82) is 0 Å². The number of thiocarbonyl (C=S) groups is 1. The molecule has 9 nitrogen and oxygen atoms in total. The minimum absolute atomic E-state index is 0.114. The van der Waals surface area contributed by atoms with E-state index in [1.165, 1.54) is 0 Å². The molecule has 0 spiro atoms. The van der Waals surface area contributed by atoms with Gasteiger partial charge in [-0.05, 0) is 87.5 Å². The Balaban J connectivity index is 1.35. The van der Waals surface area contributed by atoms with Crippen LogP contribution in [0, 0.1) is 6.92 Å². The molecule has 10 heteroatoms. The van der Waals surface area contributed by atoms with E-state index in [-0.39, 0.29) is 18.4 Å². The number of carbonyl (C=O) groups excluding carboxylic acids is 2. The lowest BCUT2D eigenvalue weighted by molar-refractivity contribution is -0.132. The van der Waals surface area contributed by atoms with Crippen LogP contribution in [0.5, 0.6) is 11.5 Å². The summed E-state index contributed by atoms with van der Waals surface area (Å²) in [5.74, 6) is 1.17. The number of benzene rings is 3. The van der Waals surface area contributed by atoms with Gasteiger partial charge in [0.15, 0.2) is 0 Å². The van der Waals surface area contributed by atoms with Gasteiger partial charge in [-0.15, -0.1) is 0 Å². The van der Waals surface area contributed by atoms with Crippen molar-refractivity contribution in [3.05, 3.63) is 82.9 Å². The Kier molecular flexibility index (Phi) is 13.6. The number of hydrogen-bond acceptors (Lipinski definition) is 7. The molecular weight excluding hydrogens is 612 g/mol. The average Bonchev–Trinajstić information content (AvgIpc) is 3.08. The van der Waals surface area contributed by atoms with Crippen LogP contribution in [0.2, 0.25) is 0 Å². The Labute approximate surface area is 284 Å². The third kappa shape index (κ3) is 10.00. The molecule has 0 atom stereocenters. The molecule has 47 heavy (non-hydrogen) atoms. The predicted molar refractivity (Wildman–Crippen MR) is 192 cm³/mol. The minimum atomic E-state index is -0.206. The number of rotatable bonds is 15. The fourth-order valence-corrected chi connectivity index (χ4v) is 5.92. The monoisotopic (exact) mass is 660 g/mol. The molecule has 0 unspecified atom stereocenters. The Hall–Kier alpha value is -3.99. The summed E-state index contributed by atoms with van der Waals surface area (Å²) in [5.41, 5.74) is 4.77. The average molecular weight is 661 g/mol. The second-order valence-electron chi connectivity index (χ2n) is 12.0. The zero-order valence-corrected chi connectivity index (χ0v) is 28.9. The standard InChI is InChI=1S/C37H48N4O5S/c1-27-15-18-32(34(25-27)46-24-9-5-6-14-35(43)41-21-19-39(2)20-22-41)40(3)37(44)29-16-17-31(33(26-29)45-4)38-36(47)30-13-8-7-11-28(30)12-10-23-42/h7-8,11,13,15-18,25-26,42H,5-6,9-10,12,14,19-24H2,1-4H3,(H,38,47). The van der Waals surface area contributed by atoms with E-state index < -0.39 is 0 Å². The molecule has 2 amide bonds. The van der Waals surface area contributed by atoms with Crippen LogP contribution in [0.25, 0.3) is 0 Å². The first-order valence-corrected chi connectivity index (χ1v) is 16.8. The molecule has 3 aromatic rings. The van der Waals surface area contributed by atoms with E-state index in [1.54, 1.807) is 37.3 Å². The molecule has 2 N–H and O–H groups in total. The lowest BCUT2D eigenvalue weighted by atomic mass is 10.0. The third-order valence-corrected chi connectivity index (χ3v) is 8.81. The second-order valence-corrected chi connectivity index (χ2v) is 12.4. The number of methoxy groups -OCH3 is 1. The maximum absolute atomic E-state index is 13.7. The van der Waals surface area contributed by atoms with Crippen LogP contribution in [0.1, 0.15) is 59.2 Å². The zero-order chi connectivity index (χ0) is 33.8. The van der Waals surface area contributed by atoms with Gasteiger partial charge >= 0.3 is 0 Å². The number of amides is 2. The molecular formula is C37H48N4O5S. The van der Waals surface area contributed by atoms with E-state index in [2.05, 4.69) is 17.3 Å². The topological polar surface area (TPSA) is 94.6 Å². The van der Waals surface area contributed by atoms with Crippen molar-refractivity contribution in [3.8, 4) is 11.5 Å². The van der Waals surface area contributed by atoms with E-state index in [1.807, 2.05) is 54.3 Å². The SMILES string of the molecule is COc1cc(C(=O)N(C)c2ccc(C)cc2OCCCCCC(=O)N2CCN(C)CC2)ccc1NC(=S)c1ccccc1CCCO. The van der Waals surface area contributed by atoms with Gasteiger partial charge in [0.25, 0.3) is 5.91 Å². The fraction of sp³-hybridized carbons (Fsp3) is 0.432. The van der Waals surface area contributed by atoms with Crippen molar-refractivity contribution < 1.29 is 24.2 Å². The highest BCUT2D eigenvalue weighted by Crippen LogP contribution is 2.32. The van der Waals surface area contributed by atoms with Gasteiger partial charge in [0.05, 0.1) is 25.1 Å². The number of carbonyl (C=O) groups is 2. The summed E-state index contributed by atoms with van der Waals surface area (Å²) in [5, 5.41) is 12.6. The number of aliphatic hydroxyl groups is 1. The predicted octanol–water partition coefficient (Wildman–Crippen LogP) is 5.71. The molecule has 0 saturated carbocycles. The van der Waals surface area contributed by atoms with Crippen molar-refractivity contribution in [1.82, 2.24) is 9.80 Å². The molecule has 1 saturated heterocycles.